The zero-order chi connectivity index (χ0) is 21.1. The molecule has 1 heterocycles. The number of pyridine rings is 1. The van der Waals surface area contributed by atoms with Gasteiger partial charge in [0.25, 0.3) is 0 Å². The molecule has 5 nitrogen and oxygen atoms in total. The van der Waals surface area contributed by atoms with Crippen LogP contribution in [-0.4, -0.2) is 33.1 Å². The van der Waals surface area contributed by atoms with Crippen LogP contribution in [0.2, 0.25) is 0 Å². The van der Waals surface area contributed by atoms with Crippen LogP contribution in [0.4, 0.5) is 0 Å². The van der Waals surface area contributed by atoms with E-state index in [1.165, 1.54) is 37.8 Å². The highest BCUT2D eigenvalue weighted by Crippen LogP contribution is 2.13. The van der Waals surface area contributed by atoms with E-state index in [1.807, 2.05) is 0 Å². The van der Waals surface area contributed by atoms with Crippen LogP contribution in [0.1, 0.15) is 84.0 Å². The Morgan fingerprint density at radius 2 is 1.69 bits per heavy atom. The summed E-state index contributed by atoms with van der Waals surface area (Å²) in [5, 5.41) is 19.2. The van der Waals surface area contributed by atoms with Crippen molar-refractivity contribution in [2.45, 2.75) is 58.0 Å². The first-order chi connectivity index (χ1) is 14.0. The molecule has 154 valence electrons. The Balaban J connectivity index is 1.95. The SMILES string of the molecule is CCCCCCCCC(O)C=Cc1cccc(C(=O)c2cccc(C(=O)O)c2)n1. The Morgan fingerprint density at radius 1 is 1.00 bits per heavy atom. The number of carbonyl (C=O) groups excluding carboxylic acids is 1. The van der Waals surface area contributed by atoms with Gasteiger partial charge in [0.1, 0.15) is 5.69 Å². The van der Waals surface area contributed by atoms with Gasteiger partial charge in [-0.15, -0.1) is 0 Å². The third-order valence-electron chi connectivity index (χ3n) is 4.72. The number of carboxylic acid groups (broad SMARTS) is 1. The topological polar surface area (TPSA) is 87.5 Å². The highest BCUT2D eigenvalue weighted by molar-refractivity contribution is 6.08. The largest absolute Gasteiger partial charge is 0.478 e. The molecule has 1 atom stereocenters. The molecule has 2 N–H and O–H groups in total. The molecule has 0 aliphatic heterocycles. The van der Waals surface area contributed by atoms with E-state index >= 15 is 0 Å². The van der Waals surface area contributed by atoms with Crippen molar-refractivity contribution in [2.24, 2.45) is 0 Å². The molecule has 0 radical (unpaired) electrons. The molecule has 1 aromatic heterocycles. The van der Waals surface area contributed by atoms with Gasteiger partial charge in [0.05, 0.1) is 17.4 Å². The van der Waals surface area contributed by atoms with E-state index in [-0.39, 0.29) is 22.6 Å². The Hall–Kier alpha value is -2.79. The van der Waals surface area contributed by atoms with Crippen molar-refractivity contribution < 1.29 is 19.8 Å². The number of aromatic carboxylic acids is 1. The minimum atomic E-state index is -1.08. The molecule has 0 spiro atoms. The molecular formula is C24H29NO4. The number of carboxylic acids is 1. The number of nitrogens with zero attached hydrogens (tertiary/aromatic N) is 1. The van der Waals surface area contributed by atoms with Crippen LogP contribution >= 0.6 is 0 Å². The number of unbranched alkanes of at least 4 members (excludes halogenated alkanes) is 5. The number of hydrogen-bond acceptors (Lipinski definition) is 4. The van der Waals surface area contributed by atoms with Crippen molar-refractivity contribution in [3.05, 3.63) is 71.1 Å². The molecule has 0 aliphatic carbocycles. The number of ketones is 1. The fourth-order valence-electron chi connectivity index (χ4n) is 3.05. The van der Waals surface area contributed by atoms with Crippen LogP contribution in [0.15, 0.2) is 48.5 Å². The Bertz CT molecular complexity index is 844. The molecule has 2 aromatic rings. The summed E-state index contributed by atoms with van der Waals surface area (Å²) < 4.78 is 0. The lowest BCUT2D eigenvalue weighted by molar-refractivity contribution is 0.0697. The predicted molar refractivity (Wildman–Crippen MR) is 114 cm³/mol. The van der Waals surface area contributed by atoms with E-state index in [9.17, 15) is 14.7 Å². The number of hydrogen-bond donors (Lipinski definition) is 2. The van der Waals surface area contributed by atoms with Gasteiger partial charge in [0, 0.05) is 5.56 Å². The van der Waals surface area contributed by atoms with E-state index in [4.69, 9.17) is 5.11 Å². The Labute approximate surface area is 172 Å². The van der Waals surface area contributed by atoms with Gasteiger partial charge in [-0.1, -0.05) is 69.7 Å². The van der Waals surface area contributed by atoms with Crippen LogP contribution in [0.3, 0.4) is 0 Å². The van der Waals surface area contributed by atoms with Crippen LogP contribution in [0.5, 0.6) is 0 Å². The van der Waals surface area contributed by atoms with Crippen molar-refractivity contribution in [3.63, 3.8) is 0 Å². The number of aliphatic hydroxyl groups excluding tert-OH is 1. The first kappa shape index (κ1) is 22.5. The predicted octanol–water partition coefficient (Wildman–Crippen LogP) is 5.14. The number of carbonyl (C=O) groups is 2. The molecule has 0 bridgehead atoms. The van der Waals surface area contributed by atoms with E-state index in [2.05, 4.69) is 11.9 Å². The van der Waals surface area contributed by atoms with Crippen LogP contribution in [-0.2, 0) is 0 Å². The maximum absolute atomic E-state index is 12.6. The summed E-state index contributed by atoms with van der Waals surface area (Å²) in [5.74, 6) is -1.42. The quantitative estimate of drug-likeness (QED) is 0.384. The molecule has 29 heavy (non-hydrogen) atoms. The Morgan fingerprint density at radius 3 is 2.45 bits per heavy atom. The maximum Gasteiger partial charge on any atom is 0.335 e. The zero-order valence-electron chi connectivity index (χ0n) is 16.9. The minimum absolute atomic E-state index is 0.0599. The summed E-state index contributed by atoms with van der Waals surface area (Å²) in [5.41, 5.74) is 1.15. The van der Waals surface area contributed by atoms with Gasteiger partial charge in [-0.3, -0.25) is 4.79 Å². The van der Waals surface area contributed by atoms with Crippen molar-refractivity contribution in [3.8, 4) is 0 Å². The average molecular weight is 395 g/mol. The fraction of sp³-hybridized carbons (Fsp3) is 0.375. The Kier molecular flexibility index (Phi) is 9.25. The minimum Gasteiger partial charge on any atom is -0.478 e. The van der Waals surface area contributed by atoms with Crippen molar-refractivity contribution >= 4 is 17.8 Å². The maximum atomic E-state index is 12.6. The number of aromatic nitrogens is 1. The smallest absolute Gasteiger partial charge is 0.335 e. The fourth-order valence-corrected chi connectivity index (χ4v) is 3.05. The molecule has 0 aliphatic rings. The number of aliphatic hydroxyl groups is 1. The summed E-state index contributed by atoms with van der Waals surface area (Å²) in [6.45, 7) is 2.19. The first-order valence-electron chi connectivity index (χ1n) is 10.2. The molecule has 2 rings (SSSR count). The van der Waals surface area contributed by atoms with Crippen molar-refractivity contribution in [2.75, 3.05) is 0 Å². The van der Waals surface area contributed by atoms with Crippen molar-refractivity contribution in [1.29, 1.82) is 0 Å². The molecule has 1 unspecified atom stereocenters. The highest BCUT2D eigenvalue weighted by Gasteiger charge is 2.13. The summed E-state index contributed by atoms with van der Waals surface area (Å²) in [7, 11) is 0. The highest BCUT2D eigenvalue weighted by atomic mass is 16.4. The van der Waals surface area contributed by atoms with E-state index in [0.29, 0.717) is 12.1 Å². The normalized spacial score (nSPS) is 12.2. The molecule has 1 aromatic carbocycles. The van der Waals surface area contributed by atoms with Crippen LogP contribution in [0, 0.1) is 0 Å². The third-order valence-corrected chi connectivity index (χ3v) is 4.72. The molecule has 5 heteroatoms. The van der Waals surface area contributed by atoms with E-state index in [0.717, 1.165) is 12.8 Å². The lowest BCUT2D eigenvalue weighted by Crippen LogP contribution is -2.07. The first-order valence-corrected chi connectivity index (χ1v) is 10.2. The molecule has 0 saturated carbocycles. The monoisotopic (exact) mass is 395 g/mol. The standard InChI is InChI=1S/C24H29NO4/c1-2-3-4-5-6-7-13-21(26)16-15-20-12-9-14-22(25-20)23(27)18-10-8-11-19(17-18)24(28)29/h8-12,14-17,21,26H,2-7,13H2,1H3,(H,28,29). The van der Waals surface area contributed by atoms with Gasteiger partial charge in [0.15, 0.2) is 0 Å². The van der Waals surface area contributed by atoms with Crippen LogP contribution in [0.25, 0.3) is 6.08 Å². The average Bonchev–Trinajstić information content (AvgIpc) is 2.74. The van der Waals surface area contributed by atoms with Gasteiger partial charge in [-0.2, -0.15) is 0 Å². The second-order valence-corrected chi connectivity index (χ2v) is 7.15. The van der Waals surface area contributed by atoms with Gasteiger partial charge in [-0.05, 0) is 36.8 Å². The van der Waals surface area contributed by atoms with E-state index < -0.39 is 12.1 Å². The van der Waals surface area contributed by atoms with Gasteiger partial charge >= 0.3 is 5.97 Å². The summed E-state index contributed by atoms with van der Waals surface area (Å²) >= 11 is 0. The van der Waals surface area contributed by atoms with E-state index in [1.54, 1.807) is 42.5 Å². The summed E-state index contributed by atoms with van der Waals surface area (Å²) in [4.78, 5) is 28.1. The molecule has 0 amide bonds. The van der Waals surface area contributed by atoms with Gasteiger partial charge < -0.3 is 10.2 Å². The second kappa shape index (κ2) is 11.9. The lowest BCUT2D eigenvalue weighted by atomic mass is 10.0. The van der Waals surface area contributed by atoms with Crippen LogP contribution < -0.4 is 0 Å². The number of rotatable bonds is 12. The summed E-state index contributed by atoms with van der Waals surface area (Å²) in [6, 6.07) is 11.0. The zero-order valence-corrected chi connectivity index (χ0v) is 16.9. The van der Waals surface area contributed by atoms with Crippen molar-refractivity contribution in [1.82, 2.24) is 4.98 Å². The number of benzene rings is 1. The van der Waals surface area contributed by atoms with Gasteiger partial charge in [-0.25, -0.2) is 9.78 Å². The third kappa shape index (κ3) is 7.62. The molecule has 0 fully saturated rings. The summed E-state index contributed by atoms with van der Waals surface area (Å²) in [6.07, 6.45) is 10.7. The van der Waals surface area contributed by atoms with Gasteiger partial charge in [0.2, 0.25) is 5.78 Å². The second-order valence-electron chi connectivity index (χ2n) is 7.15. The molecular weight excluding hydrogens is 366 g/mol. The molecule has 0 saturated heterocycles. The lowest BCUT2D eigenvalue weighted by Gasteiger charge is -2.06.